The van der Waals surface area contributed by atoms with Gasteiger partial charge < -0.3 is 10.1 Å². The molecule has 0 radical (unpaired) electrons. The number of alkyl halides is 3. The molecule has 11 heteroatoms. The molecule has 0 saturated carbocycles. The van der Waals surface area contributed by atoms with Crippen LogP contribution in [0.25, 0.3) is 27.7 Å². The number of fused-ring (bicyclic) bond motifs is 3. The summed E-state index contributed by atoms with van der Waals surface area (Å²) in [5.74, 6) is -1.25. The van der Waals surface area contributed by atoms with Crippen LogP contribution in [0.3, 0.4) is 0 Å². The van der Waals surface area contributed by atoms with E-state index in [0.29, 0.717) is 27.1 Å². The van der Waals surface area contributed by atoms with Crippen LogP contribution in [0.5, 0.6) is 0 Å². The van der Waals surface area contributed by atoms with Crippen molar-refractivity contribution in [2.45, 2.75) is 38.8 Å². The lowest BCUT2D eigenvalue weighted by atomic mass is 9.95. The van der Waals surface area contributed by atoms with Gasteiger partial charge in [-0.25, -0.2) is 14.3 Å². The topological polar surface area (TPSA) is 85.6 Å². The molecule has 0 fully saturated rings. The molecule has 1 aliphatic carbocycles. The summed E-state index contributed by atoms with van der Waals surface area (Å²) in [5.41, 5.74) is 0.285. The fourth-order valence-corrected chi connectivity index (χ4v) is 6.43. The van der Waals surface area contributed by atoms with Crippen LogP contribution in [0.1, 0.15) is 56.6 Å². The number of nitrogens with zero attached hydrogens (tertiary/aromatic N) is 3. The second kappa shape index (κ2) is 10.1. The molecule has 2 aromatic carbocycles. The van der Waals surface area contributed by atoms with Crippen molar-refractivity contribution in [1.82, 2.24) is 14.6 Å². The van der Waals surface area contributed by atoms with Crippen molar-refractivity contribution >= 4 is 44.6 Å². The lowest BCUT2D eigenvalue weighted by Crippen LogP contribution is -2.17. The minimum atomic E-state index is -4.76. The Morgan fingerprint density at radius 2 is 1.88 bits per heavy atom. The zero-order valence-electron chi connectivity index (χ0n) is 21.3. The summed E-state index contributed by atoms with van der Waals surface area (Å²) in [6.45, 7) is 1.87. The number of benzene rings is 2. The highest BCUT2D eigenvalue weighted by molar-refractivity contribution is 7.17. The van der Waals surface area contributed by atoms with Gasteiger partial charge in [-0.2, -0.15) is 18.3 Å². The summed E-state index contributed by atoms with van der Waals surface area (Å²) in [5, 5.41) is 8.52. The number of thiophene rings is 1. The first kappa shape index (κ1) is 26.0. The van der Waals surface area contributed by atoms with E-state index in [2.05, 4.69) is 15.4 Å². The molecule has 0 unspecified atom stereocenters. The Kier molecular flexibility index (Phi) is 6.53. The van der Waals surface area contributed by atoms with Gasteiger partial charge >= 0.3 is 12.1 Å². The van der Waals surface area contributed by atoms with Crippen molar-refractivity contribution in [3.8, 4) is 11.3 Å². The molecular formula is C29H23F3N4O3S. The molecule has 1 amide bonds. The van der Waals surface area contributed by atoms with Crippen LogP contribution >= 0.6 is 11.3 Å². The number of hydrogen-bond acceptors (Lipinski definition) is 6. The lowest BCUT2D eigenvalue weighted by molar-refractivity contribution is -0.142. The van der Waals surface area contributed by atoms with E-state index in [1.165, 1.54) is 11.3 Å². The van der Waals surface area contributed by atoms with E-state index in [1.807, 2.05) is 24.3 Å². The molecule has 3 heterocycles. The molecule has 40 heavy (non-hydrogen) atoms. The average molecular weight is 565 g/mol. The summed E-state index contributed by atoms with van der Waals surface area (Å²) in [6, 6.07) is 13.6. The van der Waals surface area contributed by atoms with E-state index in [0.717, 1.165) is 52.7 Å². The summed E-state index contributed by atoms with van der Waals surface area (Å²) < 4.78 is 48.5. The largest absolute Gasteiger partial charge is 0.462 e. The molecule has 204 valence electrons. The van der Waals surface area contributed by atoms with E-state index >= 15 is 0 Å². The molecule has 0 atom stereocenters. The van der Waals surface area contributed by atoms with Gasteiger partial charge in [-0.1, -0.05) is 42.5 Å². The highest BCUT2D eigenvalue weighted by Gasteiger charge is 2.36. The third kappa shape index (κ3) is 4.49. The number of aryl methyl sites for hydroxylation is 1. The van der Waals surface area contributed by atoms with E-state index < -0.39 is 23.7 Å². The molecule has 0 aliphatic heterocycles. The number of aromatic nitrogens is 3. The average Bonchev–Trinajstić information content (AvgIpc) is 3.53. The van der Waals surface area contributed by atoms with Gasteiger partial charge in [0.2, 0.25) is 0 Å². The van der Waals surface area contributed by atoms with Crippen LogP contribution in [0.4, 0.5) is 18.2 Å². The highest BCUT2D eigenvalue weighted by Crippen LogP contribution is 2.39. The third-order valence-corrected chi connectivity index (χ3v) is 8.16. The maximum absolute atomic E-state index is 14.2. The van der Waals surface area contributed by atoms with Crippen LogP contribution in [0.15, 0.2) is 54.7 Å². The number of nitrogens with one attached hydrogen (secondary N) is 1. The fourth-order valence-electron chi connectivity index (χ4n) is 5.16. The van der Waals surface area contributed by atoms with Gasteiger partial charge in [0.05, 0.1) is 24.1 Å². The molecule has 0 bridgehead atoms. The molecule has 6 rings (SSSR count). The van der Waals surface area contributed by atoms with E-state index in [9.17, 15) is 22.8 Å². The Labute approximate surface area is 230 Å². The van der Waals surface area contributed by atoms with Gasteiger partial charge in [0.15, 0.2) is 11.3 Å². The first-order chi connectivity index (χ1) is 19.3. The molecule has 5 aromatic rings. The SMILES string of the molecule is CCOC(=O)c1c(NC(=O)c2cnn3c(C(F)(F)F)cc(-c4cccc5ccccc45)nc23)sc2c1CCCC2. The number of carbonyl (C=O) groups excluding carboxylic acids is 2. The van der Waals surface area contributed by atoms with Crippen molar-refractivity contribution in [1.29, 1.82) is 0 Å². The van der Waals surface area contributed by atoms with Crippen LogP contribution in [0.2, 0.25) is 0 Å². The van der Waals surface area contributed by atoms with Crippen LogP contribution in [-0.2, 0) is 23.8 Å². The minimum Gasteiger partial charge on any atom is -0.462 e. The van der Waals surface area contributed by atoms with E-state index in [1.54, 1.807) is 25.1 Å². The van der Waals surface area contributed by atoms with Crippen molar-refractivity contribution in [3.05, 3.63) is 82.0 Å². The Hall–Kier alpha value is -4.25. The van der Waals surface area contributed by atoms with Crippen LogP contribution in [-0.4, -0.2) is 33.1 Å². The molecule has 7 nitrogen and oxygen atoms in total. The Morgan fingerprint density at radius 1 is 1.10 bits per heavy atom. The number of hydrogen-bond donors (Lipinski definition) is 1. The third-order valence-electron chi connectivity index (χ3n) is 6.95. The van der Waals surface area contributed by atoms with Gasteiger partial charge in [0, 0.05) is 10.4 Å². The molecule has 0 spiro atoms. The zero-order valence-corrected chi connectivity index (χ0v) is 22.2. The summed E-state index contributed by atoms with van der Waals surface area (Å²) in [6.07, 6.45) is -0.334. The van der Waals surface area contributed by atoms with Crippen molar-refractivity contribution < 1.29 is 27.5 Å². The quantitative estimate of drug-likeness (QED) is 0.234. The Balaban J connectivity index is 1.47. The number of carbonyl (C=O) groups is 2. The van der Waals surface area contributed by atoms with Crippen LogP contribution in [0, 0.1) is 0 Å². The van der Waals surface area contributed by atoms with Gasteiger partial charge in [-0.05, 0) is 55.0 Å². The zero-order chi connectivity index (χ0) is 28.0. The standard InChI is InChI=1S/C29H23F3N4O3S/c1-2-39-28(38)24-19-11-5-6-13-22(19)40-27(24)35-26(37)20-15-33-36-23(29(30,31)32)14-21(34-25(20)36)18-12-7-9-16-8-3-4-10-17(16)18/h3-4,7-10,12,14-15H,2,5-6,11,13H2,1H3,(H,35,37). The molecule has 1 N–H and O–H groups in total. The monoisotopic (exact) mass is 564 g/mol. The second-order valence-electron chi connectivity index (χ2n) is 9.43. The summed E-state index contributed by atoms with van der Waals surface area (Å²) >= 11 is 1.30. The van der Waals surface area contributed by atoms with E-state index in [4.69, 9.17) is 4.74 Å². The molecule has 0 saturated heterocycles. The minimum absolute atomic E-state index is 0.0602. The van der Waals surface area contributed by atoms with Gasteiger partial charge in [0.1, 0.15) is 10.6 Å². The number of halogens is 3. The maximum Gasteiger partial charge on any atom is 0.433 e. The Bertz CT molecular complexity index is 1790. The smallest absolute Gasteiger partial charge is 0.433 e. The van der Waals surface area contributed by atoms with Crippen LogP contribution < -0.4 is 5.32 Å². The fraction of sp³-hybridized carbons (Fsp3) is 0.241. The van der Waals surface area contributed by atoms with Crippen molar-refractivity contribution in [2.24, 2.45) is 0 Å². The van der Waals surface area contributed by atoms with Gasteiger partial charge in [-0.15, -0.1) is 11.3 Å². The van der Waals surface area contributed by atoms with Gasteiger partial charge in [0.25, 0.3) is 5.91 Å². The highest BCUT2D eigenvalue weighted by atomic mass is 32.1. The molecule has 3 aromatic heterocycles. The predicted octanol–water partition coefficient (Wildman–Crippen LogP) is 6.94. The van der Waals surface area contributed by atoms with Crippen molar-refractivity contribution in [3.63, 3.8) is 0 Å². The second-order valence-corrected chi connectivity index (χ2v) is 10.5. The summed E-state index contributed by atoms with van der Waals surface area (Å²) in [4.78, 5) is 31.8. The number of ether oxygens (including phenoxy) is 1. The van der Waals surface area contributed by atoms with Crippen molar-refractivity contribution in [2.75, 3.05) is 11.9 Å². The van der Waals surface area contributed by atoms with E-state index in [-0.39, 0.29) is 23.5 Å². The molecule has 1 aliphatic rings. The lowest BCUT2D eigenvalue weighted by Gasteiger charge is -2.13. The number of amides is 1. The maximum atomic E-state index is 14.2. The number of rotatable bonds is 5. The normalized spacial score (nSPS) is 13.4. The summed E-state index contributed by atoms with van der Waals surface area (Å²) in [7, 11) is 0. The predicted molar refractivity (Wildman–Crippen MR) is 146 cm³/mol. The number of anilines is 1. The number of esters is 1. The first-order valence-corrected chi connectivity index (χ1v) is 13.6. The van der Waals surface area contributed by atoms with Gasteiger partial charge in [-0.3, -0.25) is 4.79 Å². The Morgan fingerprint density at radius 3 is 2.67 bits per heavy atom. The first-order valence-electron chi connectivity index (χ1n) is 12.8. The molecular weight excluding hydrogens is 541 g/mol.